The standard InChI is InChI=1S/C28H31N5S.ClH/c1-3-4-10-18-11-8-9-14-21(18)31-28-33-27(30)25(34-28)24-23-20(26(29)32-24)16-15-17(2)22(23)19-12-6-5-7-13-19;/h5-9,11-14,17,22,29H,3-4,10,15-16,30H2,1-2H3,(H,31,33);1H. The van der Waals surface area contributed by atoms with Crippen molar-refractivity contribution < 1.29 is 0 Å². The quantitative estimate of drug-likeness (QED) is 0.310. The van der Waals surface area contributed by atoms with Gasteiger partial charge in [-0.1, -0.05) is 80.1 Å². The number of allylic oxidation sites excluding steroid dienone is 1. The average molecular weight is 506 g/mol. The molecule has 2 unspecified atom stereocenters. The van der Waals surface area contributed by atoms with Crippen molar-refractivity contribution in [2.45, 2.75) is 51.9 Å². The molecule has 5 nitrogen and oxygen atoms in total. The molecule has 182 valence electrons. The Kier molecular flexibility index (Phi) is 7.72. The van der Waals surface area contributed by atoms with Crippen LogP contribution in [-0.4, -0.2) is 16.5 Å². The van der Waals surface area contributed by atoms with Crippen LogP contribution in [0.25, 0.3) is 0 Å². The van der Waals surface area contributed by atoms with E-state index in [0.29, 0.717) is 17.6 Å². The maximum Gasteiger partial charge on any atom is 0.189 e. The summed E-state index contributed by atoms with van der Waals surface area (Å²) < 4.78 is 0. The molecule has 0 bridgehead atoms. The molecule has 4 N–H and O–H groups in total. The molecule has 0 saturated heterocycles. The Balaban J connectivity index is 0.00000289. The number of thiazole rings is 1. The number of benzene rings is 2. The van der Waals surface area contributed by atoms with Crippen molar-refractivity contribution >= 4 is 51.9 Å². The lowest BCUT2D eigenvalue weighted by molar-refractivity contribution is 0.456. The Bertz CT molecular complexity index is 1280. The molecule has 2 aliphatic rings. The topological polar surface area (TPSA) is 87.2 Å². The first-order valence-electron chi connectivity index (χ1n) is 12.1. The summed E-state index contributed by atoms with van der Waals surface area (Å²) in [5.74, 6) is 1.53. The molecular formula is C28H32ClN5S. The highest BCUT2D eigenvalue weighted by Gasteiger charge is 2.39. The minimum absolute atomic E-state index is 0. The van der Waals surface area contributed by atoms with Gasteiger partial charge in [0.1, 0.15) is 11.7 Å². The van der Waals surface area contributed by atoms with E-state index < -0.39 is 0 Å². The number of hydrogen-bond donors (Lipinski definition) is 3. The summed E-state index contributed by atoms with van der Waals surface area (Å²) in [5, 5.41) is 12.9. The van der Waals surface area contributed by atoms with Crippen molar-refractivity contribution in [3.63, 3.8) is 0 Å². The van der Waals surface area contributed by atoms with Crippen LogP contribution in [0.5, 0.6) is 0 Å². The number of rotatable bonds is 7. The molecule has 2 atom stereocenters. The number of aromatic nitrogens is 1. The summed E-state index contributed by atoms with van der Waals surface area (Å²) in [5.41, 5.74) is 13.2. The van der Waals surface area contributed by atoms with Crippen LogP contribution < -0.4 is 11.1 Å². The van der Waals surface area contributed by atoms with Crippen LogP contribution in [0.2, 0.25) is 0 Å². The Morgan fingerprint density at radius 2 is 1.86 bits per heavy atom. The van der Waals surface area contributed by atoms with Crippen molar-refractivity contribution in [3.8, 4) is 0 Å². The molecule has 5 rings (SSSR count). The lowest BCUT2D eigenvalue weighted by Crippen LogP contribution is -2.23. The molecule has 1 aliphatic carbocycles. The van der Waals surface area contributed by atoms with Gasteiger partial charge in [0, 0.05) is 17.2 Å². The monoisotopic (exact) mass is 505 g/mol. The number of aryl methyl sites for hydroxylation is 1. The summed E-state index contributed by atoms with van der Waals surface area (Å²) >= 11 is 1.53. The molecule has 2 heterocycles. The molecule has 0 spiro atoms. The number of hydrogen-bond acceptors (Lipinski definition) is 5. The smallest absolute Gasteiger partial charge is 0.189 e. The maximum atomic E-state index is 8.60. The third-order valence-corrected chi connectivity index (χ3v) is 7.90. The first-order chi connectivity index (χ1) is 16.6. The number of para-hydroxylation sites is 1. The zero-order valence-corrected chi connectivity index (χ0v) is 21.8. The first kappa shape index (κ1) is 25.1. The molecule has 3 aromatic rings. The van der Waals surface area contributed by atoms with E-state index in [9.17, 15) is 0 Å². The summed E-state index contributed by atoms with van der Waals surface area (Å²) in [6.07, 6.45) is 5.29. The zero-order chi connectivity index (χ0) is 23.7. The third kappa shape index (κ3) is 4.91. The van der Waals surface area contributed by atoms with Crippen LogP contribution in [0.15, 0.2) is 70.7 Å². The molecular weight excluding hydrogens is 474 g/mol. The molecule has 35 heavy (non-hydrogen) atoms. The van der Waals surface area contributed by atoms with Crippen molar-refractivity contribution in [2.75, 3.05) is 11.1 Å². The van der Waals surface area contributed by atoms with E-state index in [2.05, 4.69) is 72.7 Å². The van der Waals surface area contributed by atoms with Gasteiger partial charge in [-0.05, 0) is 54.4 Å². The predicted octanol–water partition coefficient (Wildman–Crippen LogP) is 7.52. The van der Waals surface area contributed by atoms with E-state index in [-0.39, 0.29) is 18.3 Å². The number of nitrogens with zero attached hydrogens (tertiary/aromatic N) is 2. The fourth-order valence-electron chi connectivity index (χ4n) is 5.15. The Morgan fingerprint density at radius 3 is 2.63 bits per heavy atom. The number of halogens is 1. The Labute approximate surface area is 217 Å². The highest BCUT2D eigenvalue weighted by Crippen LogP contribution is 2.47. The number of aliphatic imine (C=N–C) groups is 1. The Morgan fingerprint density at radius 1 is 1.11 bits per heavy atom. The number of amidine groups is 1. The van der Waals surface area contributed by atoms with Gasteiger partial charge in [0.2, 0.25) is 0 Å². The predicted molar refractivity (Wildman–Crippen MR) is 151 cm³/mol. The van der Waals surface area contributed by atoms with Gasteiger partial charge in [0.15, 0.2) is 5.13 Å². The van der Waals surface area contributed by atoms with E-state index in [1.54, 1.807) is 0 Å². The van der Waals surface area contributed by atoms with Crippen molar-refractivity contribution in [2.24, 2.45) is 10.9 Å². The number of anilines is 3. The normalized spacial score (nSPS) is 19.3. The van der Waals surface area contributed by atoms with E-state index in [0.717, 1.165) is 59.1 Å². The van der Waals surface area contributed by atoms with E-state index >= 15 is 0 Å². The summed E-state index contributed by atoms with van der Waals surface area (Å²) in [6, 6.07) is 19.0. The van der Waals surface area contributed by atoms with Crippen LogP contribution in [-0.2, 0) is 6.42 Å². The second kappa shape index (κ2) is 10.8. The molecule has 0 fully saturated rings. The highest BCUT2D eigenvalue weighted by molar-refractivity contribution is 7.18. The lowest BCUT2D eigenvalue weighted by Gasteiger charge is -2.31. The second-order valence-electron chi connectivity index (χ2n) is 9.22. The van der Waals surface area contributed by atoms with Gasteiger partial charge in [0.05, 0.1) is 10.6 Å². The van der Waals surface area contributed by atoms with Gasteiger partial charge in [-0.3, -0.25) is 5.41 Å². The number of nitrogens with one attached hydrogen (secondary N) is 2. The minimum Gasteiger partial charge on any atom is -0.382 e. The molecule has 2 aromatic carbocycles. The second-order valence-corrected chi connectivity index (χ2v) is 10.2. The average Bonchev–Trinajstić information content (AvgIpc) is 3.37. The summed E-state index contributed by atoms with van der Waals surface area (Å²) in [7, 11) is 0. The number of nitrogens with two attached hydrogens (primary N) is 1. The maximum absolute atomic E-state index is 8.60. The molecule has 0 radical (unpaired) electrons. The lowest BCUT2D eigenvalue weighted by atomic mass is 9.71. The largest absolute Gasteiger partial charge is 0.382 e. The van der Waals surface area contributed by atoms with Crippen molar-refractivity contribution in [1.82, 2.24) is 4.98 Å². The van der Waals surface area contributed by atoms with E-state index in [4.69, 9.17) is 16.1 Å². The fourth-order valence-corrected chi connectivity index (χ4v) is 6.05. The number of unbranched alkanes of at least 4 members (excludes halogenated alkanes) is 1. The van der Waals surface area contributed by atoms with Gasteiger partial charge < -0.3 is 11.1 Å². The van der Waals surface area contributed by atoms with Crippen LogP contribution in [0, 0.1) is 11.3 Å². The Hall–Kier alpha value is -2.96. The van der Waals surface area contributed by atoms with Crippen molar-refractivity contribution in [3.05, 3.63) is 81.7 Å². The molecule has 1 aliphatic heterocycles. The van der Waals surface area contributed by atoms with Gasteiger partial charge in [-0.2, -0.15) is 0 Å². The minimum atomic E-state index is 0. The molecule has 1 aromatic heterocycles. The van der Waals surface area contributed by atoms with Gasteiger partial charge >= 0.3 is 0 Å². The SMILES string of the molecule is CCCCc1ccccc1Nc1nc(N)c(C2=NC(=N)C3=C2C(c2ccccc2)C(C)CC3)s1.Cl. The zero-order valence-electron chi connectivity index (χ0n) is 20.2. The third-order valence-electron chi connectivity index (χ3n) is 6.91. The fraction of sp³-hybridized carbons (Fsp3) is 0.321. The van der Waals surface area contributed by atoms with Crippen LogP contribution in [0.1, 0.15) is 61.5 Å². The van der Waals surface area contributed by atoms with Gasteiger partial charge in [-0.25, -0.2) is 9.98 Å². The number of nitrogen functional groups attached to an aromatic ring is 1. The van der Waals surface area contributed by atoms with E-state index in [1.165, 1.54) is 28.0 Å². The summed E-state index contributed by atoms with van der Waals surface area (Å²) in [4.78, 5) is 10.3. The van der Waals surface area contributed by atoms with Crippen molar-refractivity contribution in [1.29, 1.82) is 5.41 Å². The summed E-state index contributed by atoms with van der Waals surface area (Å²) in [6.45, 7) is 4.51. The highest BCUT2D eigenvalue weighted by atomic mass is 35.5. The molecule has 7 heteroatoms. The van der Waals surface area contributed by atoms with Crippen LogP contribution in [0.4, 0.5) is 16.6 Å². The van der Waals surface area contributed by atoms with E-state index in [1.807, 2.05) is 6.07 Å². The van der Waals surface area contributed by atoms with Gasteiger partial charge in [-0.15, -0.1) is 12.4 Å². The molecule has 0 saturated carbocycles. The molecule has 0 amide bonds. The van der Waals surface area contributed by atoms with Crippen LogP contribution >= 0.6 is 23.7 Å². The van der Waals surface area contributed by atoms with Gasteiger partial charge in [0.25, 0.3) is 0 Å². The first-order valence-corrected chi connectivity index (χ1v) is 13.0. The van der Waals surface area contributed by atoms with Crippen LogP contribution in [0.3, 0.4) is 0 Å².